The predicted molar refractivity (Wildman–Crippen MR) is 74.3 cm³/mol. The average molecular weight is 298 g/mol. The SMILES string of the molecule is CCS(=O)(=O)NCCc1csc(-c2cnccn2)n1. The summed E-state index contributed by atoms with van der Waals surface area (Å²) in [4.78, 5) is 12.6. The number of rotatable bonds is 6. The van der Waals surface area contributed by atoms with Crippen LogP contribution in [0.15, 0.2) is 24.0 Å². The van der Waals surface area contributed by atoms with Crippen molar-refractivity contribution in [3.63, 3.8) is 0 Å². The molecule has 0 radical (unpaired) electrons. The second-order valence-corrected chi connectivity index (χ2v) is 6.74. The van der Waals surface area contributed by atoms with Gasteiger partial charge in [-0.25, -0.2) is 18.1 Å². The second-order valence-electron chi connectivity index (χ2n) is 3.78. The summed E-state index contributed by atoms with van der Waals surface area (Å²) in [6, 6.07) is 0. The maximum atomic E-state index is 11.3. The van der Waals surface area contributed by atoms with Gasteiger partial charge in [0.05, 0.1) is 17.6 Å². The van der Waals surface area contributed by atoms with Crippen molar-refractivity contribution in [2.24, 2.45) is 0 Å². The van der Waals surface area contributed by atoms with Gasteiger partial charge in [-0.1, -0.05) is 0 Å². The van der Waals surface area contributed by atoms with E-state index in [0.29, 0.717) is 13.0 Å². The molecule has 8 heteroatoms. The van der Waals surface area contributed by atoms with Gasteiger partial charge in [-0.05, 0) is 6.92 Å². The third-order valence-corrected chi connectivity index (χ3v) is 4.73. The highest BCUT2D eigenvalue weighted by molar-refractivity contribution is 7.89. The quantitative estimate of drug-likeness (QED) is 0.862. The van der Waals surface area contributed by atoms with E-state index in [0.717, 1.165) is 16.4 Å². The predicted octanol–water partition coefficient (Wildman–Crippen LogP) is 1.08. The van der Waals surface area contributed by atoms with Crippen LogP contribution in [0.4, 0.5) is 0 Å². The molecule has 0 bridgehead atoms. The van der Waals surface area contributed by atoms with Crippen LogP contribution in [0.25, 0.3) is 10.7 Å². The van der Waals surface area contributed by atoms with E-state index in [1.165, 1.54) is 11.3 Å². The van der Waals surface area contributed by atoms with E-state index in [9.17, 15) is 8.42 Å². The van der Waals surface area contributed by atoms with Gasteiger partial charge in [0.2, 0.25) is 10.0 Å². The highest BCUT2D eigenvalue weighted by Gasteiger charge is 2.08. The Kier molecular flexibility index (Phi) is 4.56. The second kappa shape index (κ2) is 6.18. The molecule has 0 spiro atoms. The van der Waals surface area contributed by atoms with Gasteiger partial charge in [0.1, 0.15) is 10.7 Å². The van der Waals surface area contributed by atoms with Crippen molar-refractivity contribution in [1.29, 1.82) is 0 Å². The number of nitrogens with zero attached hydrogens (tertiary/aromatic N) is 3. The molecule has 0 saturated heterocycles. The summed E-state index contributed by atoms with van der Waals surface area (Å²) < 4.78 is 25.1. The molecule has 102 valence electrons. The number of hydrogen-bond donors (Lipinski definition) is 1. The van der Waals surface area contributed by atoms with Crippen LogP contribution in [0.5, 0.6) is 0 Å². The molecule has 6 nitrogen and oxygen atoms in total. The lowest BCUT2D eigenvalue weighted by molar-refractivity contribution is 0.582. The summed E-state index contributed by atoms with van der Waals surface area (Å²) >= 11 is 1.48. The minimum Gasteiger partial charge on any atom is -0.261 e. The van der Waals surface area contributed by atoms with Gasteiger partial charge < -0.3 is 0 Å². The molecule has 0 atom stereocenters. The van der Waals surface area contributed by atoms with Gasteiger partial charge in [-0.15, -0.1) is 11.3 Å². The van der Waals surface area contributed by atoms with Crippen molar-refractivity contribution in [2.75, 3.05) is 12.3 Å². The standard InChI is InChI=1S/C11H14N4O2S2/c1-2-19(16,17)14-4-3-9-8-18-11(15-9)10-7-12-5-6-13-10/h5-8,14H,2-4H2,1H3. The Labute approximate surface area is 116 Å². The molecular formula is C11H14N4O2S2. The summed E-state index contributed by atoms with van der Waals surface area (Å²) in [6.45, 7) is 1.97. The molecular weight excluding hydrogens is 284 g/mol. The number of thiazole rings is 1. The minimum absolute atomic E-state index is 0.0922. The molecule has 19 heavy (non-hydrogen) atoms. The fourth-order valence-corrected chi connectivity index (χ4v) is 2.82. The Bertz CT molecular complexity index is 625. The molecule has 2 heterocycles. The number of aromatic nitrogens is 3. The lowest BCUT2D eigenvalue weighted by Gasteiger charge is -2.01. The summed E-state index contributed by atoms with van der Waals surface area (Å²) in [5.74, 6) is 0.0922. The monoisotopic (exact) mass is 298 g/mol. The zero-order valence-corrected chi connectivity index (χ0v) is 12.0. The van der Waals surface area contributed by atoms with Crippen molar-refractivity contribution in [3.05, 3.63) is 29.7 Å². The number of nitrogens with one attached hydrogen (secondary N) is 1. The smallest absolute Gasteiger partial charge is 0.211 e. The largest absolute Gasteiger partial charge is 0.261 e. The fraction of sp³-hybridized carbons (Fsp3) is 0.364. The third kappa shape index (κ3) is 4.05. The van der Waals surface area contributed by atoms with Crippen LogP contribution in [-0.4, -0.2) is 35.7 Å². The molecule has 0 amide bonds. The van der Waals surface area contributed by atoms with E-state index in [1.54, 1.807) is 25.5 Å². The van der Waals surface area contributed by atoms with Crippen molar-refractivity contribution in [3.8, 4) is 10.7 Å². The Morgan fingerprint density at radius 2 is 2.21 bits per heavy atom. The Morgan fingerprint density at radius 1 is 1.37 bits per heavy atom. The van der Waals surface area contributed by atoms with Gasteiger partial charge in [0.15, 0.2) is 0 Å². The van der Waals surface area contributed by atoms with Crippen molar-refractivity contribution in [2.45, 2.75) is 13.3 Å². The molecule has 2 aromatic rings. The summed E-state index contributed by atoms with van der Waals surface area (Å²) in [5, 5.41) is 2.70. The first-order chi connectivity index (χ1) is 9.11. The third-order valence-electron chi connectivity index (χ3n) is 2.42. The first-order valence-corrected chi connectivity index (χ1v) is 8.32. The normalized spacial score (nSPS) is 11.6. The van der Waals surface area contributed by atoms with Crippen LogP contribution in [0.2, 0.25) is 0 Å². The van der Waals surface area contributed by atoms with Gasteiger partial charge in [-0.2, -0.15) is 0 Å². The van der Waals surface area contributed by atoms with Gasteiger partial charge in [-0.3, -0.25) is 9.97 Å². The zero-order chi connectivity index (χ0) is 13.7. The molecule has 0 fully saturated rings. The first-order valence-electron chi connectivity index (χ1n) is 5.79. The molecule has 2 rings (SSSR count). The number of sulfonamides is 1. The van der Waals surface area contributed by atoms with E-state index in [1.807, 2.05) is 5.38 Å². The van der Waals surface area contributed by atoms with E-state index in [4.69, 9.17) is 0 Å². The lowest BCUT2D eigenvalue weighted by Crippen LogP contribution is -2.27. The van der Waals surface area contributed by atoms with Crippen LogP contribution in [0.1, 0.15) is 12.6 Å². The average Bonchev–Trinajstić information content (AvgIpc) is 2.88. The Hall–Kier alpha value is -1.38. The highest BCUT2D eigenvalue weighted by atomic mass is 32.2. The fourth-order valence-electron chi connectivity index (χ4n) is 1.39. The minimum atomic E-state index is -3.13. The van der Waals surface area contributed by atoms with Crippen LogP contribution in [-0.2, 0) is 16.4 Å². The van der Waals surface area contributed by atoms with Crippen molar-refractivity contribution in [1.82, 2.24) is 19.7 Å². The topological polar surface area (TPSA) is 84.8 Å². The maximum Gasteiger partial charge on any atom is 0.211 e. The highest BCUT2D eigenvalue weighted by Crippen LogP contribution is 2.20. The molecule has 2 aromatic heterocycles. The van der Waals surface area contributed by atoms with E-state index in [2.05, 4.69) is 19.7 Å². The number of hydrogen-bond acceptors (Lipinski definition) is 6. The van der Waals surface area contributed by atoms with E-state index >= 15 is 0 Å². The maximum absolute atomic E-state index is 11.3. The van der Waals surface area contributed by atoms with Gasteiger partial charge in [0.25, 0.3) is 0 Å². The van der Waals surface area contributed by atoms with Gasteiger partial charge in [0, 0.05) is 30.7 Å². The molecule has 1 N–H and O–H groups in total. The summed E-state index contributed by atoms with van der Waals surface area (Å²) in [5.41, 5.74) is 1.58. The lowest BCUT2D eigenvalue weighted by atomic mass is 10.3. The zero-order valence-electron chi connectivity index (χ0n) is 10.4. The van der Waals surface area contributed by atoms with Gasteiger partial charge >= 0.3 is 0 Å². The van der Waals surface area contributed by atoms with Crippen molar-refractivity contribution < 1.29 is 8.42 Å². The van der Waals surface area contributed by atoms with E-state index < -0.39 is 10.0 Å². The first kappa shape index (κ1) is 14.0. The Balaban J connectivity index is 1.95. The molecule has 0 unspecified atom stereocenters. The molecule has 0 aliphatic rings. The summed E-state index contributed by atoms with van der Waals surface area (Å²) in [7, 11) is -3.13. The van der Waals surface area contributed by atoms with Crippen LogP contribution in [0, 0.1) is 0 Å². The van der Waals surface area contributed by atoms with E-state index in [-0.39, 0.29) is 5.75 Å². The van der Waals surface area contributed by atoms with Crippen LogP contribution >= 0.6 is 11.3 Å². The molecule has 0 aliphatic carbocycles. The molecule has 0 saturated carbocycles. The van der Waals surface area contributed by atoms with Crippen LogP contribution < -0.4 is 4.72 Å². The molecule has 0 aliphatic heterocycles. The molecule has 0 aromatic carbocycles. The van der Waals surface area contributed by atoms with Crippen molar-refractivity contribution >= 4 is 21.4 Å². The Morgan fingerprint density at radius 3 is 2.89 bits per heavy atom. The van der Waals surface area contributed by atoms with Crippen LogP contribution in [0.3, 0.4) is 0 Å². The summed E-state index contributed by atoms with van der Waals surface area (Å²) in [6.07, 6.45) is 5.45.